The molecule has 2 N–H and O–H groups in total. The molecule has 0 heterocycles. The van der Waals surface area contributed by atoms with Gasteiger partial charge in [0.1, 0.15) is 12.2 Å². The van der Waals surface area contributed by atoms with Crippen molar-refractivity contribution in [3.05, 3.63) is 120 Å². The van der Waals surface area contributed by atoms with Crippen molar-refractivity contribution in [2.45, 2.75) is 32.0 Å². The Morgan fingerprint density at radius 1 is 0.812 bits per heavy atom. The Morgan fingerprint density at radius 2 is 1.34 bits per heavy atom. The van der Waals surface area contributed by atoms with Crippen LogP contribution in [-0.4, -0.2) is 29.7 Å². The normalized spacial score (nSPS) is 13.0. The number of benzene rings is 3. The van der Waals surface area contributed by atoms with Crippen LogP contribution >= 0.6 is 0 Å². The van der Waals surface area contributed by atoms with Gasteiger partial charge in [-0.25, -0.2) is 0 Å². The average molecular weight is 432 g/mol. The Labute approximate surface area is 189 Å². The monoisotopic (exact) mass is 431 g/mol. The molecule has 3 aromatic carbocycles. The van der Waals surface area contributed by atoms with Gasteiger partial charge in [-0.1, -0.05) is 91.0 Å². The second-order valence-corrected chi connectivity index (χ2v) is 7.39. The minimum atomic E-state index is -1.09. The molecular formula is C27H29NO4. The van der Waals surface area contributed by atoms with Crippen LogP contribution < -0.4 is 5.32 Å². The van der Waals surface area contributed by atoms with E-state index in [4.69, 9.17) is 9.47 Å². The van der Waals surface area contributed by atoms with Crippen molar-refractivity contribution >= 4 is 5.78 Å². The Morgan fingerprint density at radius 3 is 1.94 bits per heavy atom. The smallest absolute Gasteiger partial charge is 0.188 e. The summed E-state index contributed by atoms with van der Waals surface area (Å²) in [5, 5.41) is 13.7. The van der Waals surface area contributed by atoms with E-state index in [-0.39, 0.29) is 19.0 Å². The van der Waals surface area contributed by atoms with Crippen molar-refractivity contribution in [3.8, 4) is 0 Å². The van der Waals surface area contributed by atoms with E-state index >= 15 is 0 Å². The SMILES string of the molecule is O=C(/C=C/NCc1ccccc1)[C@@H](OCc1ccccc1)[C@H](O)COCc1ccccc1. The van der Waals surface area contributed by atoms with Crippen LogP contribution in [0.25, 0.3) is 0 Å². The number of rotatable bonds is 13. The summed E-state index contributed by atoms with van der Waals surface area (Å²) >= 11 is 0. The number of carbonyl (C=O) groups is 1. The van der Waals surface area contributed by atoms with Crippen LogP contribution in [0, 0.1) is 0 Å². The van der Waals surface area contributed by atoms with E-state index in [2.05, 4.69) is 5.32 Å². The molecule has 0 saturated carbocycles. The molecule has 5 heteroatoms. The topological polar surface area (TPSA) is 67.8 Å². The molecule has 0 spiro atoms. The van der Waals surface area contributed by atoms with Gasteiger partial charge in [0.25, 0.3) is 0 Å². The van der Waals surface area contributed by atoms with E-state index in [0.29, 0.717) is 13.2 Å². The van der Waals surface area contributed by atoms with Crippen molar-refractivity contribution in [3.63, 3.8) is 0 Å². The fourth-order valence-corrected chi connectivity index (χ4v) is 3.11. The first-order chi connectivity index (χ1) is 15.7. The van der Waals surface area contributed by atoms with Gasteiger partial charge in [-0.2, -0.15) is 0 Å². The van der Waals surface area contributed by atoms with Crippen LogP contribution in [0.1, 0.15) is 16.7 Å². The van der Waals surface area contributed by atoms with Gasteiger partial charge >= 0.3 is 0 Å². The van der Waals surface area contributed by atoms with E-state index in [0.717, 1.165) is 16.7 Å². The molecule has 166 valence electrons. The molecule has 0 radical (unpaired) electrons. The van der Waals surface area contributed by atoms with Crippen molar-refractivity contribution in [1.29, 1.82) is 0 Å². The third kappa shape index (κ3) is 8.12. The van der Waals surface area contributed by atoms with E-state index in [1.807, 2.05) is 91.0 Å². The summed E-state index contributed by atoms with van der Waals surface area (Å²) in [6, 6.07) is 29.1. The Balaban J connectivity index is 1.55. The molecule has 5 nitrogen and oxygen atoms in total. The zero-order valence-corrected chi connectivity index (χ0v) is 18.0. The first-order valence-electron chi connectivity index (χ1n) is 10.7. The quantitative estimate of drug-likeness (QED) is 0.400. The van der Waals surface area contributed by atoms with Gasteiger partial charge in [-0.05, 0) is 22.8 Å². The highest BCUT2D eigenvalue weighted by Gasteiger charge is 2.26. The van der Waals surface area contributed by atoms with Gasteiger partial charge in [0.05, 0.1) is 19.8 Å². The first-order valence-corrected chi connectivity index (χ1v) is 10.7. The molecular weight excluding hydrogens is 402 g/mol. The minimum absolute atomic E-state index is 0.00856. The van der Waals surface area contributed by atoms with E-state index < -0.39 is 12.2 Å². The molecule has 0 fully saturated rings. The number of aliphatic hydroxyl groups excluding tert-OH is 1. The van der Waals surface area contributed by atoms with Crippen LogP contribution in [0.5, 0.6) is 0 Å². The van der Waals surface area contributed by atoms with E-state index in [1.54, 1.807) is 6.20 Å². The number of aliphatic hydroxyl groups is 1. The lowest BCUT2D eigenvalue weighted by Crippen LogP contribution is -2.39. The fourth-order valence-electron chi connectivity index (χ4n) is 3.11. The van der Waals surface area contributed by atoms with Crippen molar-refractivity contribution in [2.75, 3.05) is 6.61 Å². The lowest BCUT2D eigenvalue weighted by atomic mass is 10.1. The highest BCUT2D eigenvalue weighted by Crippen LogP contribution is 2.10. The van der Waals surface area contributed by atoms with Gasteiger partial charge in [-0.3, -0.25) is 4.79 Å². The van der Waals surface area contributed by atoms with Crippen LogP contribution in [0.3, 0.4) is 0 Å². The van der Waals surface area contributed by atoms with E-state index in [1.165, 1.54) is 6.08 Å². The Bertz CT molecular complexity index is 945. The van der Waals surface area contributed by atoms with Crippen LogP contribution in [0.4, 0.5) is 0 Å². The Kier molecular flexibility index (Phi) is 9.68. The lowest BCUT2D eigenvalue weighted by Gasteiger charge is -2.21. The maximum Gasteiger partial charge on any atom is 0.188 e. The third-order valence-corrected chi connectivity index (χ3v) is 4.82. The molecule has 0 aliphatic heterocycles. The van der Waals surface area contributed by atoms with Gasteiger partial charge in [0.15, 0.2) is 5.78 Å². The number of nitrogens with one attached hydrogen (secondary N) is 1. The molecule has 0 amide bonds. The predicted octanol–water partition coefficient (Wildman–Crippen LogP) is 4.02. The number of ether oxygens (including phenoxy) is 2. The molecule has 0 bridgehead atoms. The second kappa shape index (κ2) is 13.2. The van der Waals surface area contributed by atoms with Crippen molar-refractivity contribution in [1.82, 2.24) is 5.32 Å². The number of hydrogen-bond donors (Lipinski definition) is 2. The second-order valence-electron chi connectivity index (χ2n) is 7.39. The molecule has 0 aromatic heterocycles. The third-order valence-electron chi connectivity index (χ3n) is 4.82. The molecule has 2 atom stereocenters. The number of ketones is 1. The highest BCUT2D eigenvalue weighted by molar-refractivity contribution is 5.94. The fraction of sp³-hybridized carbons (Fsp3) is 0.222. The summed E-state index contributed by atoms with van der Waals surface area (Å²) in [4.78, 5) is 12.8. The summed E-state index contributed by atoms with van der Waals surface area (Å²) in [5.41, 5.74) is 3.03. The van der Waals surface area contributed by atoms with E-state index in [9.17, 15) is 9.90 Å². The molecule has 0 saturated heterocycles. The molecule has 0 aliphatic rings. The number of hydrogen-bond acceptors (Lipinski definition) is 5. The minimum Gasteiger partial charge on any atom is -0.387 e. The summed E-state index contributed by atoms with van der Waals surface area (Å²) in [6.45, 7) is 1.17. The summed E-state index contributed by atoms with van der Waals surface area (Å²) < 4.78 is 11.4. The van der Waals surface area contributed by atoms with Gasteiger partial charge in [0.2, 0.25) is 0 Å². The molecule has 3 aromatic rings. The lowest BCUT2D eigenvalue weighted by molar-refractivity contribution is -0.139. The van der Waals surface area contributed by atoms with Crippen LogP contribution in [-0.2, 0) is 34.0 Å². The Hall–Kier alpha value is -3.25. The predicted molar refractivity (Wildman–Crippen MR) is 125 cm³/mol. The summed E-state index contributed by atoms with van der Waals surface area (Å²) in [7, 11) is 0. The summed E-state index contributed by atoms with van der Waals surface area (Å²) in [6.07, 6.45) is 0.875. The standard InChI is InChI=1S/C27H29NO4/c29-25(16-17-28-18-22-10-4-1-5-11-22)27(32-20-24-14-8-3-9-15-24)26(30)21-31-19-23-12-6-2-7-13-23/h1-17,26-28,30H,18-21H2/b17-16+/t26-,27-/m1/s1. The summed E-state index contributed by atoms with van der Waals surface area (Å²) in [5.74, 6) is -0.322. The average Bonchev–Trinajstić information content (AvgIpc) is 2.84. The molecule has 3 rings (SSSR count). The van der Waals surface area contributed by atoms with Crippen molar-refractivity contribution in [2.24, 2.45) is 0 Å². The number of carbonyl (C=O) groups excluding carboxylic acids is 1. The highest BCUT2D eigenvalue weighted by atomic mass is 16.5. The molecule has 32 heavy (non-hydrogen) atoms. The van der Waals surface area contributed by atoms with Gasteiger partial charge in [-0.15, -0.1) is 0 Å². The van der Waals surface area contributed by atoms with Crippen molar-refractivity contribution < 1.29 is 19.4 Å². The zero-order chi connectivity index (χ0) is 22.4. The largest absolute Gasteiger partial charge is 0.387 e. The first kappa shape index (κ1) is 23.4. The van der Waals surface area contributed by atoms with Gasteiger partial charge in [0, 0.05) is 12.7 Å². The maximum atomic E-state index is 12.8. The molecule has 0 aliphatic carbocycles. The molecule has 0 unspecified atom stereocenters. The van der Waals surface area contributed by atoms with Crippen LogP contribution in [0.2, 0.25) is 0 Å². The zero-order valence-electron chi connectivity index (χ0n) is 18.0. The maximum absolute atomic E-state index is 12.8. The van der Waals surface area contributed by atoms with Gasteiger partial charge < -0.3 is 19.9 Å². The van der Waals surface area contributed by atoms with Crippen LogP contribution in [0.15, 0.2) is 103 Å².